The quantitative estimate of drug-likeness (QED) is 0.841. The van der Waals surface area contributed by atoms with Gasteiger partial charge in [0, 0.05) is 17.6 Å². The number of hydrogen-bond acceptors (Lipinski definition) is 3. The molecule has 0 bridgehead atoms. The third kappa shape index (κ3) is 3.28. The minimum Gasteiger partial charge on any atom is -0.298 e. The van der Waals surface area contributed by atoms with E-state index in [4.69, 9.17) is 0 Å². The number of likely N-dealkylation sites (tertiary alicyclic amines) is 1. The zero-order valence-electron chi connectivity index (χ0n) is 12.1. The molecule has 2 aromatic rings. The number of aryl methyl sites for hydroxylation is 1. The molecule has 2 nitrogen and oxygen atoms in total. The second-order valence-corrected chi connectivity index (χ2v) is 6.73. The van der Waals surface area contributed by atoms with Crippen LogP contribution in [0.3, 0.4) is 0 Å². The minimum absolute atomic E-state index is 0.750. The number of piperidine rings is 1. The van der Waals surface area contributed by atoms with Gasteiger partial charge >= 0.3 is 0 Å². The fourth-order valence-electron chi connectivity index (χ4n) is 2.95. The molecule has 0 atom stereocenters. The highest BCUT2D eigenvalue weighted by molar-refractivity contribution is 7.11. The van der Waals surface area contributed by atoms with E-state index in [0.29, 0.717) is 0 Å². The lowest BCUT2D eigenvalue weighted by Gasteiger charge is -2.31. The van der Waals surface area contributed by atoms with Crippen molar-refractivity contribution >= 4 is 11.3 Å². The Bertz CT molecular complexity index is 527. The number of rotatable bonds is 4. The summed E-state index contributed by atoms with van der Waals surface area (Å²) in [7, 11) is 0. The van der Waals surface area contributed by atoms with E-state index in [1.54, 1.807) is 0 Å². The Labute approximate surface area is 125 Å². The van der Waals surface area contributed by atoms with Crippen molar-refractivity contribution in [3.8, 4) is 0 Å². The van der Waals surface area contributed by atoms with Crippen molar-refractivity contribution in [1.82, 2.24) is 9.88 Å². The molecule has 0 saturated carbocycles. The Balaban J connectivity index is 1.53. The smallest absolute Gasteiger partial charge is 0.0925 e. The molecule has 1 saturated heterocycles. The molecule has 0 spiro atoms. The first-order valence-electron chi connectivity index (χ1n) is 7.56. The summed E-state index contributed by atoms with van der Waals surface area (Å²) in [5, 5.41) is 1.26. The molecule has 1 aliphatic rings. The monoisotopic (exact) mass is 286 g/mol. The van der Waals surface area contributed by atoms with Gasteiger partial charge in [0.1, 0.15) is 0 Å². The van der Waals surface area contributed by atoms with Gasteiger partial charge in [-0.1, -0.05) is 37.3 Å². The topological polar surface area (TPSA) is 16.1 Å². The van der Waals surface area contributed by atoms with Crippen molar-refractivity contribution in [1.29, 1.82) is 0 Å². The van der Waals surface area contributed by atoms with Gasteiger partial charge in [-0.15, -0.1) is 11.3 Å². The molecule has 0 unspecified atom stereocenters. The van der Waals surface area contributed by atoms with E-state index in [9.17, 15) is 0 Å². The van der Waals surface area contributed by atoms with Crippen molar-refractivity contribution in [3.63, 3.8) is 0 Å². The maximum absolute atomic E-state index is 4.45. The lowest BCUT2D eigenvalue weighted by molar-refractivity contribution is 0.206. The highest BCUT2D eigenvalue weighted by Crippen LogP contribution is 2.28. The van der Waals surface area contributed by atoms with Crippen LogP contribution in [0.4, 0.5) is 0 Å². The van der Waals surface area contributed by atoms with Gasteiger partial charge < -0.3 is 0 Å². The average molecular weight is 286 g/mol. The number of hydrogen-bond donors (Lipinski definition) is 0. The molecule has 1 aromatic carbocycles. The second kappa shape index (κ2) is 6.51. The van der Waals surface area contributed by atoms with Crippen molar-refractivity contribution in [2.75, 3.05) is 13.1 Å². The maximum Gasteiger partial charge on any atom is 0.0925 e. The predicted molar refractivity (Wildman–Crippen MR) is 85.2 cm³/mol. The lowest BCUT2D eigenvalue weighted by atomic mass is 9.89. The van der Waals surface area contributed by atoms with E-state index in [-0.39, 0.29) is 0 Å². The molecule has 1 aliphatic heterocycles. The summed E-state index contributed by atoms with van der Waals surface area (Å²) in [4.78, 5) is 8.45. The van der Waals surface area contributed by atoms with Gasteiger partial charge in [0.15, 0.2) is 0 Å². The molecular formula is C17H22N2S. The van der Waals surface area contributed by atoms with Crippen molar-refractivity contribution in [3.05, 3.63) is 52.0 Å². The molecular weight excluding hydrogens is 264 g/mol. The molecule has 0 radical (unpaired) electrons. The van der Waals surface area contributed by atoms with Crippen LogP contribution in [0, 0.1) is 0 Å². The molecule has 0 aliphatic carbocycles. The maximum atomic E-state index is 4.45. The van der Waals surface area contributed by atoms with E-state index in [1.807, 2.05) is 11.3 Å². The summed E-state index contributed by atoms with van der Waals surface area (Å²) < 4.78 is 0. The van der Waals surface area contributed by atoms with Crippen LogP contribution in [0.25, 0.3) is 0 Å². The first-order chi connectivity index (χ1) is 9.85. The molecule has 106 valence electrons. The van der Waals surface area contributed by atoms with Gasteiger partial charge in [-0.3, -0.25) is 4.90 Å². The van der Waals surface area contributed by atoms with Crippen LogP contribution in [0.15, 0.2) is 36.5 Å². The van der Waals surface area contributed by atoms with Crippen LogP contribution in [0.5, 0.6) is 0 Å². The zero-order valence-corrected chi connectivity index (χ0v) is 12.9. The third-order valence-corrected chi connectivity index (χ3v) is 5.27. The van der Waals surface area contributed by atoms with E-state index < -0.39 is 0 Å². The van der Waals surface area contributed by atoms with E-state index in [1.165, 1.54) is 41.4 Å². The lowest BCUT2D eigenvalue weighted by Crippen LogP contribution is -2.32. The third-order valence-electron chi connectivity index (χ3n) is 4.14. The fourth-order valence-corrected chi connectivity index (χ4v) is 3.86. The van der Waals surface area contributed by atoms with Crippen LogP contribution < -0.4 is 0 Å². The normalized spacial score (nSPS) is 17.4. The summed E-state index contributed by atoms with van der Waals surface area (Å²) in [6.45, 7) is 5.67. The van der Waals surface area contributed by atoms with Gasteiger partial charge in [-0.05, 0) is 43.8 Å². The van der Waals surface area contributed by atoms with E-state index in [2.05, 4.69) is 53.3 Å². The Kier molecular flexibility index (Phi) is 4.48. The summed E-state index contributed by atoms with van der Waals surface area (Å²) in [6, 6.07) is 11.0. The standard InChI is InChI=1S/C17H22N2S/c1-2-17-18-12-16(20-17)13-19-10-8-15(9-11-19)14-6-4-3-5-7-14/h3-7,12,15H,2,8-11,13H2,1H3. The first-order valence-corrected chi connectivity index (χ1v) is 8.37. The fraction of sp³-hybridized carbons (Fsp3) is 0.471. The molecule has 0 amide bonds. The number of nitrogens with zero attached hydrogens (tertiary/aromatic N) is 2. The molecule has 0 N–H and O–H groups in total. The highest BCUT2D eigenvalue weighted by atomic mass is 32.1. The molecule has 3 rings (SSSR count). The van der Waals surface area contributed by atoms with Gasteiger partial charge in [0.2, 0.25) is 0 Å². The molecule has 2 heterocycles. The van der Waals surface area contributed by atoms with Crippen LogP contribution in [-0.4, -0.2) is 23.0 Å². The summed E-state index contributed by atoms with van der Waals surface area (Å²) >= 11 is 1.87. The number of benzene rings is 1. The molecule has 1 fully saturated rings. The van der Waals surface area contributed by atoms with Crippen LogP contribution >= 0.6 is 11.3 Å². The highest BCUT2D eigenvalue weighted by Gasteiger charge is 2.20. The van der Waals surface area contributed by atoms with E-state index in [0.717, 1.165) is 18.9 Å². The molecule has 20 heavy (non-hydrogen) atoms. The van der Waals surface area contributed by atoms with Gasteiger partial charge in [0.05, 0.1) is 5.01 Å². The Morgan fingerprint density at radius 2 is 1.95 bits per heavy atom. The summed E-state index contributed by atoms with van der Waals surface area (Å²) in [5.74, 6) is 0.750. The Morgan fingerprint density at radius 1 is 1.20 bits per heavy atom. The largest absolute Gasteiger partial charge is 0.298 e. The Morgan fingerprint density at radius 3 is 2.60 bits per heavy atom. The Hall–Kier alpha value is -1.19. The number of thiazole rings is 1. The predicted octanol–water partition coefficient (Wildman–Crippen LogP) is 4.09. The van der Waals surface area contributed by atoms with Gasteiger partial charge in [-0.2, -0.15) is 0 Å². The van der Waals surface area contributed by atoms with Crippen molar-refractivity contribution in [2.45, 2.75) is 38.6 Å². The van der Waals surface area contributed by atoms with Crippen LogP contribution in [0.1, 0.15) is 41.1 Å². The first kappa shape index (κ1) is 13.8. The van der Waals surface area contributed by atoms with Crippen LogP contribution in [0.2, 0.25) is 0 Å². The SMILES string of the molecule is CCc1ncc(CN2CCC(c3ccccc3)CC2)s1. The van der Waals surface area contributed by atoms with Crippen molar-refractivity contribution < 1.29 is 0 Å². The number of aromatic nitrogens is 1. The summed E-state index contributed by atoms with van der Waals surface area (Å²) in [5.41, 5.74) is 1.51. The minimum atomic E-state index is 0.750. The molecule has 3 heteroatoms. The van der Waals surface area contributed by atoms with Crippen LogP contribution in [-0.2, 0) is 13.0 Å². The van der Waals surface area contributed by atoms with Crippen molar-refractivity contribution in [2.24, 2.45) is 0 Å². The summed E-state index contributed by atoms with van der Waals surface area (Å²) in [6.07, 6.45) is 5.68. The average Bonchev–Trinajstić information content (AvgIpc) is 2.97. The molecule has 1 aromatic heterocycles. The van der Waals surface area contributed by atoms with Gasteiger partial charge in [0.25, 0.3) is 0 Å². The second-order valence-electron chi connectivity index (χ2n) is 5.53. The zero-order chi connectivity index (χ0) is 13.8. The van der Waals surface area contributed by atoms with E-state index >= 15 is 0 Å². The van der Waals surface area contributed by atoms with Gasteiger partial charge in [-0.25, -0.2) is 4.98 Å².